The molecule has 0 radical (unpaired) electrons. The van der Waals surface area contributed by atoms with Gasteiger partial charge in [0.1, 0.15) is 5.75 Å². The van der Waals surface area contributed by atoms with Crippen LogP contribution in [0.15, 0.2) is 18.2 Å². The molecule has 1 aromatic rings. The minimum Gasteiger partial charge on any atom is -0.489 e. The molecule has 1 aromatic carbocycles. The first-order valence-corrected chi connectivity index (χ1v) is 5.99. The Labute approximate surface area is 103 Å². The lowest BCUT2D eigenvalue weighted by Crippen LogP contribution is -2.09. The Kier molecular flexibility index (Phi) is 4.55. The summed E-state index contributed by atoms with van der Waals surface area (Å²) in [6.07, 6.45) is 0.624. The Hall–Kier alpha value is -1.51. The van der Waals surface area contributed by atoms with E-state index in [1.165, 1.54) is 0 Å². The first-order chi connectivity index (χ1) is 7.90. The lowest BCUT2D eigenvalue weighted by atomic mass is 10.0. The molecule has 0 amide bonds. The van der Waals surface area contributed by atoms with Gasteiger partial charge in [-0.25, -0.2) is 0 Å². The highest BCUT2D eigenvalue weighted by Gasteiger charge is 2.11. The van der Waals surface area contributed by atoms with Gasteiger partial charge in [0.2, 0.25) is 0 Å². The molecule has 0 aromatic heterocycles. The molecular weight excluding hydrogens is 214 g/mol. The molecule has 1 rings (SSSR count). The number of ether oxygens (including phenoxy) is 1. The highest BCUT2D eigenvalue weighted by molar-refractivity contribution is 5.97. The largest absolute Gasteiger partial charge is 0.489 e. The summed E-state index contributed by atoms with van der Waals surface area (Å²) in [4.78, 5) is 11.8. The molecule has 0 aliphatic heterocycles. The van der Waals surface area contributed by atoms with E-state index in [0.29, 0.717) is 29.3 Å². The van der Waals surface area contributed by atoms with Gasteiger partial charge in [0, 0.05) is 12.0 Å². The molecule has 0 aliphatic carbocycles. The van der Waals surface area contributed by atoms with Gasteiger partial charge in [0.25, 0.3) is 0 Å². The van der Waals surface area contributed by atoms with Crippen molar-refractivity contribution in [2.75, 3.05) is 5.73 Å². The van der Waals surface area contributed by atoms with Crippen LogP contribution >= 0.6 is 0 Å². The number of benzene rings is 1. The Bertz CT molecular complexity index is 397. The third kappa shape index (κ3) is 4.10. The van der Waals surface area contributed by atoms with Crippen molar-refractivity contribution >= 4 is 11.5 Å². The molecule has 0 unspecified atom stereocenters. The Morgan fingerprint density at radius 1 is 1.29 bits per heavy atom. The van der Waals surface area contributed by atoms with Crippen molar-refractivity contribution in [1.82, 2.24) is 0 Å². The van der Waals surface area contributed by atoms with E-state index < -0.39 is 0 Å². The number of ketones is 1. The first-order valence-electron chi connectivity index (χ1n) is 5.99. The summed E-state index contributed by atoms with van der Waals surface area (Å²) in [5.41, 5.74) is 7.04. The van der Waals surface area contributed by atoms with Gasteiger partial charge < -0.3 is 10.5 Å². The fourth-order valence-corrected chi connectivity index (χ4v) is 1.57. The lowest BCUT2D eigenvalue weighted by molar-refractivity contribution is 0.0968. The van der Waals surface area contributed by atoms with Gasteiger partial charge in [-0.1, -0.05) is 13.8 Å². The first kappa shape index (κ1) is 13.6. The quantitative estimate of drug-likeness (QED) is 0.629. The fraction of sp³-hybridized carbons (Fsp3) is 0.500. The molecule has 0 spiro atoms. The van der Waals surface area contributed by atoms with Gasteiger partial charge in [-0.2, -0.15) is 0 Å². The van der Waals surface area contributed by atoms with Crippen LogP contribution in [0.1, 0.15) is 44.5 Å². The Morgan fingerprint density at radius 3 is 2.41 bits per heavy atom. The van der Waals surface area contributed by atoms with Gasteiger partial charge in [-0.05, 0) is 38.0 Å². The second-order valence-corrected chi connectivity index (χ2v) is 4.94. The summed E-state index contributed by atoms with van der Waals surface area (Å²) in [5.74, 6) is 1.12. The van der Waals surface area contributed by atoms with E-state index in [9.17, 15) is 4.79 Å². The maximum absolute atomic E-state index is 11.8. The van der Waals surface area contributed by atoms with E-state index in [2.05, 4.69) is 0 Å². The molecule has 0 saturated carbocycles. The van der Waals surface area contributed by atoms with E-state index in [1.54, 1.807) is 18.2 Å². The van der Waals surface area contributed by atoms with Gasteiger partial charge in [-0.15, -0.1) is 0 Å². The average Bonchev–Trinajstić information content (AvgIpc) is 2.19. The predicted octanol–water partition coefficient (Wildman–Crippen LogP) is 3.28. The maximum atomic E-state index is 11.8. The van der Waals surface area contributed by atoms with E-state index >= 15 is 0 Å². The maximum Gasteiger partial charge on any atom is 0.163 e. The Morgan fingerprint density at radius 2 is 1.94 bits per heavy atom. The number of nitrogens with two attached hydrogens (primary N) is 1. The number of rotatable bonds is 5. The van der Waals surface area contributed by atoms with E-state index in [1.807, 2.05) is 27.7 Å². The number of Topliss-reactive ketones (excluding diaryl/α,β-unsaturated/α-hetero) is 1. The number of hydrogen-bond donors (Lipinski definition) is 1. The number of carbonyl (C=O) groups excluding carboxylic acids is 1. The molecule has 0 saturated heterocycles. The van der Waals surface area contributed by atoms with Crippen molar-refractivity contribution < 1.29 is 9.53 Å². The molecule has 0 atom stereocenters. The smallest absolute Gasteiger partial charge is 0.163 e. The van der Waals surface area contributed by atoms with E-state index in [-0.39, 0.29) is 11.9 Å². The van der Waals surface area contributed by atoms with Crippen molar-refractivity contribution in [3.8, 4) is 5.75 Å². The monoisotopic (exact) mass is 235 g/mol. The lowest BCUT2D eigenvalue weighted by Gasteiger charge is -2.13. The summed E-state index contributed by atoms with van der Waals surface area (Å²) in [7, 11) is 0. The Balaban J connectivity index is 2.85. The van der Waals surface area contributed by atoms with Crippen LogP contribution in [0.3, 0.4) is 0 Å². The molecule has 17 heavy (non-hydrogen) atoms. The van der Waals surface area contributed by atoms with Gasteiger partial charge in [0.05, 0.1) is 11.8 Å². The number of carbonyl (C=O) groups is 1. The topological polar surface area (TPSA) is 52.3 Å². The average molecular weight is 235 g/mol. The zero-order valence-corrected chi connectivity index (χ0v) is 11.0. The number of hydrogen-bond acceptors (Lipinski definition) is 3. The molecule has 0 heterocycles. The van der Waals surface area contributed by atoms with Crippen LogP contribution in [0.25, 0.3) is 0 Å². The molecule has 3 nitrogen and oxygen atoms in total. The summed E-state index contributed by atoms with van der Waals surface area (Å²) < 4.78 is 5.52. The number of anilines is 1. The van der Waals surface area contributed by atoms with Crippen LogP contribution in [0, 0.1) is 5.92 Å². The molecule has 3 heteroatoms. The second kappa shape index (κ2) is 5.71. The number of nitrogen functional groups attached to an aromatic ring is 1. The standard InChI is InChI=1S/C14H21NO2/c1-9(2)7-13(16)11-5-6-14(12(15)8-11)17-10(3)4/h5-6,8-10H,7,15H2,1-4H3. The van der Waals surface area contributed by atoms with Crippen LogP contribution < -0.4 is 10.5 Å². The molecule has 0 bridgehead atoms. The fourth-order valence-electron chi connectivity index (χ4n) is 1.57. The normalized spacial score (nSPS) is 10.9. The van der Waals surface area contributed by atoms with Crippen LogP contribution in [0.5, 0.6) is 5.75 Å². The van der Waals surface area contributed by atoms with Gasteiger partial charge in [-0.3, -0.25) is 4.79 Å². The van der Waals surface area contributed by atoms with E-state index in [4.69, 9.17) is 10.5 Å². The predicted molar refractivity (Wildman–Crippen MR) is 70.4 cm³/mol. The summed E-state index contributed by atoms with van der Waals surface area (Å²) in [6.45, 7) is 7.93. The van der Waals surface area contributed by atoms with Gasteiger partial charge in [0.15, 0.2) is 5.78 Å². The molecule has 0 fully saturated rings. The molecule has 94 valence electrons. The van der Waals surface area contributed by atoms with Crippen LogP contribution in [0.4, 0.5) is 5.69 Å². The van der Waals surface area contributed by atoms with Crippen molar-refractivity contribution in [3.63, 3.8) is 0 Å². The zero-order valence-electron chi connectivity index (χ0n) is 11.0. The molecule has 0 aliphatic rings. The van der Waals surface area contributed by atoms with Crippen molar-refractivity contribution in [1.29, 1.82) is 0 Å². The van der Waals surface area contributed by atoms with Gasteiger partial charge >= 0.3 is 0 Å². The van der Waals surface area contributed by atoms with Crippen molar-refractivity contribution in [2.45, 2.75) is 40.2 Å². The summed E-state index contributed by atoms with van der Waals surface area (Å²) in [5, 5.41) is 0. The minimum atomic E-state index is 0.0783. The van der Waals surface area contributed by atoms with Crippen LogP contribution in [0.2, 0.25) is 0 Å². The molecular formula is C14H21NO2. The van der Waals surface area contributed by atoms with Crippen LogP contribution in [-0.4, -0.2) is 11.9 Å². The molecule has 2 N–H and O–H groups in total. The van der Waals surface area contributed by atoms with Crippen molar-refractivity contribution in [2.24, 2.45) is 5.92 Å². The SMILES string of the molecule is CC(C)CC(=O)c1ccc(OC(C)C)c(N)c1. The highest BCUT2D eigenvalue weighted by Crippen LogP contribution is 2.24. The second-order valence-electron chi connectivity index (χ2n) is 4.94. The minimum absolute atomic E-state index is 0.0783. The summed E-state index contributed by atoms with van der Waals surface area (Å²) >= 11 is 0. The zero-order chi connectivity index (χ0) is 13.0. The van der Waals surface area contributed by atoms with E-state index in [0.717, 1.165) is 0 Å². The summed E-state index contributed by atoms with van der Waals surface area (Å²) in [6, 6.07) is 5.24. The highest BCUT2D eigenvalue weighted by atomic mass is 16.5. The third-order valence-electron chi connectivity index (χ3n) is 2.29. The van der Waals surface area contributed by atoms with Crippen molar-refractivity contribution in [3.05, 3.63) is 23.8 Å². The third-order valence-corrected chi connectivity index (χ3v) is 2.29. The van der Waals surface area contributed by atoms with Crippen LogP contribution in [-0.2, 0) is 0 Å².